The van der Waals surface area contributed by atoms with Gasteiger partial charge in [0.15, 0.2) is 5.82 Å². The van der Waals surface area contributed by atoms with E-state index < -0.39 is 10.0 Å². The number of nitrogens with one attached hydrogen (secondary N) is 1. The highest BCUT2D eigenvalue weighted by molar-refractivity contribution is 7.88. The maximum absolute atomic E-state index is 12.4. The van der Waals surface area contributed by atoms with Gasteiger partial charge in [-0.2, -0.15) is 15.0 Å². The molecule has 11 heteroatoms. The SMILES string of the molecule is CN(C)c1nc(CNS(=O)(=O)Cc2cccc(Cl)c2)nc(N2CCOCC2)n1. The third kappa shape index (κ3) is 5.74. The Balaban J connectivity index is 1.74. The van der Waals surface area contributed by atoms with E-state index in [9.17, 15) is 8.42 Å². The highest BCUT2D eigenvalue weighted by Gasteiger charge is 2.18. The van der Waals surface area contributed by atoms with Crippen LogP contribution in [-0.2, 0) is 27.1 Å². The van der Waals surface area contributed by atoms with E-state index in [-0.39, 0.29) is 12.3 Å². The van der Waals surface area contributed by atoms with Gasteiger partial charge in [0.2, 0.25) is 21.9 Å². The standard InChI is InChI=1S/C17H23ClN6O3S/c1-23(2)16-20-15(21-17(22-16)24-6-8-27-9-7-24)11-19-28(25,26)12-13-4-3-5-14(18)10-13/h3-5,10,19H,6-9,11-12H2,1-2H3. The normalized spacial score (nSPS) is 14.9. The monoisotopic (exact) mass is 426 g/mol. The van der Waals surface area contributed by atoms with Crippen molar-refractivity contribution in [2.45, 2.75) is 12.3 Å². The zero-order chi connectivity index (χ0) is 20.1. The molecule has 3 rings (SSSR count). The first-order valence-electron chi connectivity index (χ1n) is 8.79. The molecule has 0 amide bonds. The zero-order valence-corrected chi connectivity index (χ0v) is 17.4. The smallest absolute Gasteiger partial charge is 0.230 e. The molecule has 0 aliphatic carbocycles. The van der Waals surface area contributed by atoms with Gasteiger partial charge in [-0.15, -0.1) is 0 Å². The van der Waals surface area contributed by atoms with Crippen LogP contribution in [0.15, 0.2) is 24.3 Å². The van der Waals surface area contributed by atoms with Crippen LogP contribution in [0.3, 0.4) is 0 Å². The summed E-state index contributed by atoms with van der Waals surface area (Å²) >= 11 is 5.92. The molecule has 1 saturated heterocycles. The molecule has 1 aromatic heterocycles. The molecule has 1 aromatic carbocycles. The van der Waals surface area contributed by atoms with Crippen LogP contribution in [0.4, 0.5) is 11.9 Å². The summed E-state index contributed by atoms with van der Waals surface area (Å²) in [5.41, 5.74) is 0.610. The Kier molecular flexibility index (Phi) is 6.65. The fraction of sp³-hybridized carbons (Fsp3) is 0.471. The molecule has 1 aliphatic rings. The minimum Gasteiger partial charge on any atom is -0.378 e. The predicted molar refractivity (Wildman–Crippen MR) is 108 cm³/mol. The van der Waals surface area contributed by atoms with Gasteiger partial charge in [0.05, 0.1) is 25.5 Å². The lowest BCUT2D eigenvalue weighted by Crippen LogP contribution is -2.38. The molecule has 1 fully saturated rings. The molecule has 0 unspecified atom stereocenters. The summed E-state index contributed by atoms with van der Waals surface area (Å²) in [6, 6.07) is 6.77. The van der Waals surface area contributed by atoms with Crippen molar-refractivity contribution in [2.75, 3.05) is 50.2 Å². The molecule has 0 bridgehead atoms. The summed E-state index contributed by atoms with van der Waals surface area (Å²) in [6.07, 6.45) is 0. The van der Waals surface area contributed by atoms with Gasteiger partial charge in [0.1, 0.15) is 0 Å². The van der Waals surface area contributed by atoms with Gasteiger partial charge in [0, 0.05) is 32.2 Å². The van der Waals surface area contributed by atoms with Crippen LogP contribution in [0.2, 0.25) is 5.02 Å². The first-order chi connectivity index (χ1) is 13.3. The number of aromatic nitrogens is 3. The van der Waals surface area contributed by atoms with E-state index in [0.717, 1.165) is 0 Å². The molecule has 152 valence electrons. The average Bonchev–Trinajstić information content (AvgIpc) is 2.66. The Hall–Kier alpha value is -2.01. The number of rotatable bonds is 7. The van der Waals surface area contributed by atoms with Gasteiger partial charge in [0.25, 0.3) is 0 Å². The summed E-state index contributed by atoms with van der Waals surface area (Å²) in [4.78, 5) is 17.0. The van der Waals surface area contributed by atoms with Gasteiger partial charge < -0.3 is 14.5 Å². The molecule has 0 saturated carbocycles. The van der Waals surface area contributed by atoms with Crippen molar-refractivity contribution in [2.24, 2.45) is 0 Å². The second-order valence-corrected chi connectivity index (χ2v) is 8.80. The largest absolute Gasteiger partial charge is 0.378 e. The van der Waals surface area contributed by atoms with Crippen molar-refractivity contribution >= 4 is 33.5 Å². The molecule has 2 heterocycles. The fourth-order valence-corrected chi connectivity index (χ4v) is 3.93. The molecule has 0 atom stereocenters. The number of ether oxygens (including phenoxy) is 1. The fourth-order valence-electron chi connectivity index (χ4n) is 2.65. The topological polar surface area (TPSA) is 101 Å². The van der Waals surface area contributed by atoms with Gasteiger partial charge in [-0.1, -0.05) is 23.7 Å². The number of hydrogen-bond donors (Lipinski definition) is 1. The van der Waals surface area contributed by atoms with Crippen LogP contribution in [0.1, 0.15) is 11.4 Å². The van der Waals surface area contributed by atoms with Crippen molar-refractivity contribution < 1.29 is 13.2 Å². The Bertz CT molecular complexity index is 919. The number of benzene rings is 1. The van der Waals surface area contributed by atoms with E-state index in [2.05, 4.69) is 19.7 Å². The lowest BCUT2D eigenvalue weighted by molar-refractivity contribution is 0.122. The highest BCUT2D eigenvalue weighted by Crippen LogP contribution is 2.15. The summed E-state index contributed by atoms with van der Waals surface area (Å²) in [6.45, 7) is 2.53. The average molecular weight is 427 g/mol. The number of hydrogen-bond acceptors (Lipinski definition) is 8. The van der Waals surface area contributed by atoms with Crippen LogP contribution >= 0.6 is 11.6 Å². The summed E-state index contributed by atoms with van der Waals surface area (Å²) in [5, 5.41) is 0.496. The molecule has 1 aliphatic heterocycles. The predicted octanol–water partition coefficient (Wildman–Crippen LogP) is 1.05. The third-order valence-corrected chi connectivity index (χ3v) is 5.58. The quantitative estimate of drug-likeness (QED) is 0.701. The van der Waals surface area contributed by atoms with Crippen LogP contribution < -0.4 is 14.5 Å². The second-order valence-electron chi connectivity index (χ2n) is 6.56. The zero-order valence-electron chi connectivity index (χ0n) is 15.8. The Morgan fingerprint density at radius 1 is 1.21 bits per heavy atom. The molecule has 1 N–H and O–H groups in total. The van der Waals surface area contributed by atoms with Gasteiger partial charge in [-0.05, 0) is 17.7 Å². The summed E-state index contributed by atoms with van der Waals surface area (Å²) in [7, 11) is 0.0732. The lowest BCUT2D eigenvalue weighted by atomic mass is 10.2. The number of halogens is 1. The van der Waals surface area contributed by atoms with Crippen LogP contribution in [0, 0.1) is 0 Å². The molecular weight excluding hydrogens is 404 g/mol. The van der Waals surface area contributed by atoms with Crippen molar-refractivity contribution in [3.8, 4) is 0 Å². The first-order valence-corrected chi connectivity index (χ1v) is 10.8. The molecule has 28 heavy (non-hydrogen) atoms. The van der Waals surface area contributed by atoms with E-state index in [1.54, 1.807) is 29.2 Å². The molecule has 0 radical (unpaired) electrons. The van der Waals surface area contributed by atoms with Gasteiger partial charge >= 0.3 is 0 Å². The summed E-state index contributed by atoms with van der Waals surface area (Å²) in [5.74, 6) is 1.18. The lowest BCUT2D eigenvalue weighted by Gasteiger charge is -2.27. The van der Waals surface area contributed by atoms with Crippen molar-refractivity contribution in [3.63, 3.8) is 0 Å². The number of nitrogens with zero attached hydrogens (tertiary/aromatic N) is 5. The van der Waals surface area contributed by atoms with Crippen molar-refractivity contribution in [1.29, 1.82) is 0 Å². The summed E-state index contributed by atoms with van der Waals surface area (Å²) < 4.78 is 32.8. The minimum atomic E-state index is -3.58. The number of anilines is 2. The van der Waals surface area contributed by atoms with E-state index in [1.165, 1.54) is 0 Å². The minimum absolute atomic E-state index is 0.0242. The van der Waals surface area contributed by atoms with Crippen LogP contribution in [-0.4, -0.2) is 63.8 Å². The van der Waals surface area contributed by atoms with E-state index in [1.807, 2.05) is 19.0 Å². The second kappa shape index (κ2) is 8.99. The molecular formula is C17H23ClN6O3S. The molecule has 9 nitrogen and oxygen atoms in total. The third-order valence-electron chi connectivity index (χ3n) is 4.05. The van der Waals surface area contributed by atoms with Gasteiger partial charge in [-0.25, -0.2) is 13.1 Å². The molecule has 2 aromatic rings. The van der Waals surface area contributed by atoms with E-state index >= 15 is 0 Å². The Morgan fingerprint density at radius 2 is 1.96 bits per heavy atom. The Morgan fingerprint density at radius 3 is 2.64 bits per heavy atom. The maximum atomic E-state index is 12.4. The first kappa shape index (κ1) is 20.7. The van der Waals surface area contributed by atoms with Crippen molar-refractivity contribution in [3.05, 3.63) is 40.7 Å². The van der Waals surface area contributed by atoms with E-state index in [0.29, 0.717) is 54.6 Å². The van der Waals surface area contributed by atoms with Crippen molar-refractivity contribution in [1.82, 2.24) is 19.7 Å². The maximum Gasteiger partial charge on any atom is 0.230 e. The van der Waals surface area contributed by atoms with Crippen LogP contribution in [0.25, 0.3) is 0 Å². The Labute approximate surface area is 169 Å². The van der Waals surface area contributed by atoms with Gasteiger partial charge in [-0.3, -0.25) is 0 Å². The number of morpholine rings is 1. The van der Waals surface area contributed by atoms with E-state index in [4.69, 9.17) is 16.3 Å². The van der Waals surface area contributed by atoms with Crippen LogP contribution in [0.5, 0.6) is 0 Å². The number of sulfonamides is 1. The highest BCUT2D eigenvalue weighted by atomic mass is 35.5. The molecule has 0 spiro atoms.